The summed E-state index contributed by atoms with van der Waals surface area (Å²) in [5.74, 6) is -0.0985. The summed E-state index contributed by atoms with van der Waals surface area (Å²) in [6, 6.07) is 26.3. The van der Waals surface area contributed by atoms with Gasteiger partial charge in [-0.05, 0) is 74.0 Å². The molecule has 1 aliphatic heterocycles. The Labute approximate surface area is 259 Å². The van der Waals surface area contributed by atoms with Gasteiger partial charge >= 0.3 is 0 Å². The van der Waals surface area contributed by atoms with Crippen LogP contribution in [0.4, 0.5) is 5.69 Å². The molecule has 2 atom stereocenters. The van der Waals surface area contributed by atoms with Crippen LogP contribution in [0.25, 0.3) is 10.9 Å². The van der Waals surface area contributed by atoms with E-state index < -0.39 is 10.8 Å². The summed E-state index contributed by atoms with van der Waals surface area (Å²) in [6.07, 6.45) is 4.57. The van der Waals surface area contributed by atoms with Gasteiger partial charge in [0.05, 0.1) is 12.5 Å². The Morgan fingerprint density at radius 2 is 1.74 bits per heavy atom. The van der Waals surface area contributed by atoms with E-state index in [4.69, 9.17) is 23.2 Å². The number of ketones is 1. The van der Waals surface area contributed by atoms with Crippen LogP contribution < -0.4 is 4.90 Å². The van der Waals surface area contributed by atoms with Crippen LogP contribution in [-0.4, -0.2) is 26.0 Å². The van der Waals surface area contributed by atoms with Crippen LogP contribution in [-0.2, 0) is 23.1 Å². The molecular formula is C34H29Cl2N3O2S. The van der Waals surface area contributed by atoms with Crippen LogP contribution >= 0.6 is 35.0 Å². The zero-order chi connectivity index (χ0) is 29.4. The highest BCUT2D eigenvalue weighted by molar-refractivity contribution is 8.01. The van der Waals surface area contributed by atoms with E-state index in [0.29, 0.717) is 22.2 Å². The third-order valence-corrected chi connectivity index (χ3v) is 9.85. The minimum absolute atomic E-state index is 0.0134. The monoisotopic (exact) mass is 613 g/mol. The second-order valence-electron chi connectivity index (χ2n) is 10.7. The van der Waals surface area contributed by atoms with Crippen LogP contribution in [0, 0.1) is 6.92 Å². The van der Waals surface area contributed by atoms with Crippen LogP contribution in [0.5, 0.6) is 0 Å². The number of carbonyl (C=O) groups is 2. The van der Waals surface area contributed by atoms with Gasteiger partial charge in [-0.3, -0.25) is 14.6 Å². The van der Waals surface area contributed by atoms with Gasteiger partial charge in [-0.2, -0.15) is 0 Å². The largest absolute Gasteiger partial charge is 0.350 e. The molecule has 3 heterocycles. The lowest BCUT2D eigenvalue weighted by atomic mass is 9.86. The summed E-state index contributed by atoms with van der Waals surface area (Å²) >= 11 is 14.1. The van der Waals surface area contributed by atoms with E-state index >= 15 is 0 Å². The molecular weight excluding hydrogens is 585 g/mol. The first-order valence-corrected chi connectivity index (χ1v) is 15.3. The fraction of sp³-hybridized carbons (Fsp3) is 0.206. The molecule has 0 unspecified atom stereocenters. The third-order valence-electron chi connectivity index (χ3n) is 7.89. The van der Waals surface area contributed by atoms with E-state index in [0.717, 1.165) is 32.6 Å². The van der Waals surface area contributed by atoms with Crippen molar-refractivity contribution >= 4 is 63.2 Å². The molecule has 0 N–H and O–H groups in total. The summed E-state index contributed by atoms with van der Waals surface area (Å²) in [5, 5.41) is 2.15. The van der Waals surface area contributed by atoms with E-state index in [1.165, 1.54) is 11.8 Å². The van der Waals surface area contributed by atoms with Crippen LogP contribution in [0.3, 0.4) is 0 Å². The Bertz CT molecular complexity index is 1770. The molecule has 3 aromatic carbocycles. The molecule has 5 aromatic rings. The number of Topliss-reactive ketones (excluding diaryl/α,β-unsaturated/α-hetero) is 1. The van der Waals surface area contributed by atoms with Crippen molar-refractivity contribution in [3.63, 3.8) is 0 Å². The molecule has 1 saturated heterocycles. The molecule has 0 aliphatic carbocycles. The Morgan fingerprint density at radius 1 is 1.00 bits per heavy atom. The van der Waals surface area contributed by atoms with Crippen molar-refractivity contribution in [2.45, 2.75) is 41.9 Å². The third kappa shape index (κ3) is 5.35. The quantitative estimate of drug-likeness (QED) is 0.176. The van der Waals surface area contributed by atoms with Crippen LogP contribution in [0.15, 0.2) is 102 Å². The number of aryl methyl sites for hydroxylation is 3. The number of amides is 1. The van der Waals surface area contributed by atoms with Gasteiger partial charge in [-0.15, -0.1) is 11.8 Å². The average Bonchev–Trinajstić information content (AvgIpc) is 3.46. The lowest BCUT2D eigenvalue weighted by molar-refractivity contribution is -0.123. The van der Waals surface area contributed by atoms with Crippen molar-refractivity contribution < 1.29 is 9.59 Å². The van der Waals surface area contributed by atoms with Crippen LogP contribution in [0.1, 0.15) is 35.7 Å². The van der Waals surface area contributed by atoms with Gasteiger partial charge in [-0.1, -0.05) is 53.0 Å². The Kier molecular flexibility index (Phi) is 7.88. The SMILES string of the molecule is Cc1ccc(S[C@]2(C(=O)CCc3ccccn3)CC(=O)N(c3ccc(Cl)cc3)[C@H]2c2cn(C)c3cc(Cl)ccc23)cc1. The van der Waals surface area contributed by atoms with Crippen molar-refractivity contribution in [2.24, 2.45) is 7.05 Å². The number of nitrogens with zero attached hydrogens (tertiary/aromatic N) is 3. The molecule has 5 nitrogen and oxygen atoms in total. The number of fused-ring (bicyclic) bond motifs is 1. The molecule has 2 aromatic heterocycles. The highest BCUT2D eigenvalue weighted by Gasteiger charge is 2.58. The number of halogens is 2. The van der Waals surface area contributed by atoms with Gasteiger partial charge in [0.1, 0.15) is 4.75 Å². The topological polar surface area (TPSA) is 55.2 Å². The van der Waals surface area contributed by atoms with Gasteiger partial charge in [-0.25, -0.2) is 0 Å². The minimum atomic E-state index is -1.10. The van der Waals surface area contributed by atoms with Crippen molar-refractivity contribution in [3.8, 4) is 0 Å². The van der Waals surface area contributed by atoms with Gasteiger partial charge in [0.15, 0.2) is 5.78 Å². The molecule has 1 fully saturated rings. The number of thioether (sulfide) groups is 1. The average molecular weight is 615 g/mol. The smallest absolute Gasteiger partial charge is 0.229 e. The zero-order valence-corrected chi connectivity index (χ0v) is 25.6. The highest BCUT2D eigenvalue weighted by atomic mass is 35.5. The summed E-state index contributed by atoms with van der Waals surface area (Å²) in [7, 11) is 1.96. The van der Waals surface area contributed by atoms with Crippen molar-refractivity contribution in [2.75, 3.05) is 4.90 Å². The predicted octanol–water partition coefficient (Wildman–Crippen LogP) is 8.40. The number of aromatic nitrogens is 2. The maximum atomic E-state index is 14.7. The minimum Gasteiger partial charge on any atom is -0.350 e. The lowest BCUT2D eigenvalue weighted by Crippen LogP contribution is -2.42. The molecule has 212 valence electrons. The molecule has 0 radical (unpaired) electrons. The molecule has 1 aliphatic rings. The second-order valence-corrected chi connectivity index (χ2v) is 13.0. The first-order chi connectivity index (χ1) is 20.2. The number of pyridine rings is 1. The van der Waals surface area contributed by atoms with Gasteiger partial charge in [0.2, 0.25) is 5.91 Å². The second kappa shape index (κ2) is 11.6. The molecule has 0 saturated carbocycles. The molecule has 0 bridgehead atoms. The number of hydrogen-bond acceptors (Lipinski definition) is 4. The van der Waals surface area contributed by atoms with Gasteiger partial charge in [0.25, 0.3) is 0 Å². The van der Waals surface area contributed by atoms with Crippen molar-refractivity contribution in [1.82, 2.24) is 9.55 Å². The molecule has 8 heteroatoms. The standard InChI is InChI=1S/C34H29Cl2N3O2S/c1-22-6-14-27(15-7-22)42-34(31(40)17-11-25-5-3-4-18-37-25)20-32(41)39(26-12-8-23(35)9-13-26)33(34)29-21-38(2)30-19-24(36)10-16-28(29)30/h3-10,12-16,18-19,21,33H,11,17,20H2,1-2H3/t33-,34-/m0/s1. The van der Waals surface area contributed by atoms with Crippen LogP contribution in [0.2, 0.25) is 10.0 Å². The van der Waals surface area contributed by atoms with Gasteiger partial charge in [0, 0.05) is 68.7 Å². The highest BCUT2D eigenvalue weighted by Crippen LogP contribution is 2.56. The maximum absolute atomic E-state index is 14.7. The zero-order valence-electron chi connectivity index (χ0n) is 23.3. The number of hydrogen-bond donors (Lipinski definition) is 0. The summed E-state index contributed by atoms with van der Waals surface area (Å²) in [4.78, 5) is 36.0. The lowest BCUT2D eigenvalue weighted by Gasteiger charge is -2.36. The summed E-state index contributed by atoms with van der Waals surface area (Å²) < 4.78 is 0.910. The molecule has 0 spiro atoms. The first kappa shape index (κ1) is 28.5. The Hall–Kier alpha value is -3.58. The van der Waals surface area contributed by atoms with E-state index in [2.05, 4.69) is 4.98 Å². The Morgan fingerprint density at radius 3 is 2.45 bits per heavy atom. The van der Waals surface area contributed by atoms with Crippen molar-refractivity contribution in [1.29, 1.82) is 0 Å². The Balaban J connectivity index is 1.55. The fourth-order valence-electron chi connectivity index (χ4n) is 5.87. The molecule has 6 rings (SSSR count). The maximum Gasteiger partial charge on any atom is 0.229 e. The number of rotatable bonds is 8. The van der Waals surface area contributed by atoms with E-state index in [1.54, 1.807) is 23.2 Å². The van der Waals surface area contributed by atoms with Crippen molar-refractivity contribution in [3.05, 3.63) is 124 Å². The number of carbonyl (C=O) groups excluding carboxylic acids is 2. The summed E-state index contributed by atoms with van der Waals surface area (Å²) in [6.45, 7) is 2.04. The van der Waals surface area contributed by atoms with Gasteiger partial charge < -0.3 is 9.47 Å². The summed E-state index contributed by atoms with van der Waals surface area (Å²) in [5.41, 5.74) is 4.50. The van der Waals surface area contributed by atoms with E-state index in [9.17, 15) is 9.59 Å². The molecule has 42 heavy (non-hydrogen) atoms. The fourth-order valence-corrected chi connectivity index (χ4v) is 7.61. The number of anilines is 1. The number of benzene rings is 3. The van der Waals surface area contributed by atoms with E-state index in [-0.39, 0.29) is 24.5 Å². The van der Waals surface area contributed by atoms with E-state index in [1.807, 2.05) is 97.5 Å². The predicted molar refractivity (Wildman–Crippen MR) is 172 cm³/mol. The molecule has 1 amide bonds. The normalized spacial score (nSPS) is 18.6. The first-order valence-electron chi connectivity index (χ1n) is 13.8.